The third-order valence-corrected chi connectivity index (χ3v) is 5.74. The zero-order valence-electron chi connectivity index (χ0n) is 20.8. The molecule has 0 unspecified atom stereocenters. The van der Waals surface area contributed by atoms with Crippen LogP contribution in [0.2, 0.25) is 5.02 Å². The highest BCUT2D eigenvalue weighted by Gasteiger charge is 2.13. The summed E-state index contributed by atoms with van der Waals surface area (Å²) in [6.07, 6.45) is 1.46. The third-order valence-electron chi connectivity index (χ3n) is 5.49. The first kappa shape index (κ1) is 26.4. The largest absolute Gasteiger partial charge is 0.493 e. The Kier molecular flexibility index (Phi) is 8.74. The molecule has 0 aliphatic carbocycles. The van der Waals surface area contributed by atoms with Crippen LogP contribution >= 0.6 is 11.6 Å². The van der Waals surface area contributed by atoms with Gasteiger partial charge in [0.15, 0.2) is 11.5 Å². The Morgan fingerprint density at radius 3 is 2.24 bits per heavy atom. The van der Waals surface area contributed by atoms with E-state index in [9.17, 15) is 9.59 Å². The van der Waals surface area contributed by atoms with Gasteiger partial charge < -0.3 is 14.2 Å². The summed E-state index contributed by atoms with van der Waals surface area (Å²) in [4.78, 5) is 24.8. The van der Waals surface area contributed by atoms with Gasteiger partial charge >= 0.3 is 5.97 Å². The summed E-state index contributed by atoms with van der Waals surface area (Å²) >= 11 is 5.86. The van der Waals surface area contributed by atoms with Crippen molar-refractivity contribution < 1.29 is 23.8 Å². The van der Waals surface area contributed by atoms with E-state index in [0.29, 0.717) is 39.8 Å². The van der Waals surface area contributed by atoms with Gasteiger partial charge in [-0.25, -0.2) is 10.2 Å². The fourth-order valence-corrected chi connectivity index (χ4v) is 3.50. The van der Waals surface area contributed by atoms with Gasteiger partial charge in [-0.15, -0.1) is 0 Å². The number of hydrogen-bond acceptors (Lipinski definition) is 6. The van der Waals surface area contributed by atoms with Crippen LogP contribution in [0.25, 0.3) is 0 Å². The van der Waals surface area contributed by atoms with Crippen LogP contribution in [0.1, 0.15) is 37.4 Å². The highest BCUT2D eigenvalue weighted by Crippen LogP contribution is 2.28. The van der Waals surface area contributed by atoms with Gasteiger partial charge in [-0.3, -0.25) is 4.79 Å². The molecule has 0 spiro atoms. The lowest BCUT2D eigenvalue weighted by molar-refractivity contribution is 0.0729. The number of carbonyl (C=O) groups excluding carboxylic acids is 2. The van der Waals surface area contributed by atoms with Crippen molar-refractivity contribution in [1.29, 1.82) is 0 Å². The number of benzene rings is 4. The summed E-state index contributed by atoms with van der Waals surface area (Å²) in [5, 5.41) is 4.54. The van der Waals surface area contributed by atoms with Crippen LogP contribution in [0.15, 0.2) is 96.1 Å². The van der Waals surface area contributed by atoms with E-state index in [4.69, 9.17) is 25.8 Å². The van der Waals surface area contributed by atoms with Crippen molar-refractivity contribution >= 4 is 29.7 Å². The van der Waals surface area contributed by atoms with Crippen LogP contribution in [0.3, 0.4) is 0 Å². The number of nitrogens with one attached hydrogen (secondary N) is 1. The number of hydrogen-bond donors (Lipinski definition) is 1. The average molecular weight is 529 g/mol. The van der Waals surface area contributed by atoms with E-state index in [0.717, 1.165) is 5.56 Å². The second-order valence-electron chi connectivity index (χ2n) is 8.30. The van der Waals surface area contributed by atoms with Crippen molar-refractivity contribution in [2.45, 2.75) is 13.5 Å². The van der Waals surface area contributed by atoms with Crippen molar-refractivity contribution in [1.82, 2.24) is 5.43 Å². The van der Waals surface area contributed by atoms with Crippen molar-refractivity contribution in [2.75, 3.05) is 7.11 Å². The van der Waals surface area contributed by atoms with Gasteiger partial charge in [-0.1, -0.05) is 41.4 Å². The number of methoxy groups -OCH3 is 1. The SMILES string of the molecule is COc1cc(/C=N\NC(=O)c2ccc(OCc3ccc(C)cc3)cc2)ccc1OC(=O)c1ccc(Cl)cc1. The van der Waals surface area contributed by atoms with E-state index in [1.165, 1.54) is 18.9 Å². The van der Waals surface area contributed by atoms with E-state index < -0.39 is 5.97 Å². The molecule has 0 aliphatic heterocycles. The molecule has 0 heterocycles. The smallest absolute Gasteiger partial charge is 0.343 e. The fraction of sp³-hybridized carbons (Fsp3) is 0.100. The van der Waals surface area contributed by atoms with Crippen molar-refractivity contribution in [3.63, 3.8) is 0 Å². The first-order chi connectivity index (χ1) is 18.4. The quantitative estimate of drug-likeness (QED) is 0.121. The number of nitrogens with zero attached hydrogens (tertiary/aromatic N) is 1. The van der Waals surface area contributed by atoms with Crippen LogP contribution in [0, 0.1) is 6.92 Å². The molecule has 0 aliphatic rings. The van der Waals surface area contributed by atoms with Gasteiger partial charge in [-0.05, 0) is 84.8 Å². The van der Waals surface area contributed by atoms with E-state index in [1.54, 1.807) is 66.7 Å². The van der Waals surface area contributed by atoms with Crippen molar-refractivity contribution in [3.05, 3.63) is 124 Å². The standard InChI is InChI=1S/C30H25ClN2O5/c1-20-3-5-21(6-4-20)19-37-26-14-10-23(11-15-26)29(34)33-32-18-22-7-16-27(28(17-22)36-2)38-30(35)24-8-12-25(31)13-9-24/h3-18H,19H2,1-2H3,(H,33,34)/b32-18-. The number of amides is 1. The summed E-state index contributed by atoms with van der Waals surface area (Å²) in [7, 11) is 1.46. The highest BCUT2D eigenvalue weighted by atomic mass is 35.5. The molecular weight excluding hydrogens is 504 g/mol. The van der Waals surface area contributed by atoms with Crippen molar-refractivity contribution in [3.8, 4) is 17.2 Å². The van der Waals surface area contributed by atoms with Crippen LogP contribution in [-0.4, -0.2) is 25.2 Å². The number of ether oxygens (including phenoxy) is 3. The average Bonchev–Trinajstić information content (AvgIpc) is 2.94. The molecule has 4 aromatic rings. The zero-order valence-corrected chi connectivity index (χ0v) is 21.6. The summed E-state index contributed by atoms with van der Waals surface area (Å²) in [6.45, 7) is 2.48. The monoisotopic (exact) mass is 528 g/mol. The van der Waals surface area contributed by atoms with Crippen LogP contribution < -0.4 is 19.6 Å². The topological polar surface area (TPSA) is 86.2 Å². The molecule has 0 aromatic heterocycles. The Labute approximate surface area is 225 Å². The molecule has 1 amide bonds. The number of hydrazone groups is 1. The van der Waals surface area contributed by atoms with Crippen molar-refractivity contribution in [2.24, 2.45) is 5.10 Å². The number of halogens is 1. The second kappa shape index (κ2) is 12.6. The van der Waals surface area contributed by atoms with E-state index in [1.807, 2.05) is 31.2 Å². The fourth-order valence-electron chi connectivity index (χ4n) is 3.38. The molecule has 1 N–H and O–H groups in total. The molecule has 0 bridgehead atoms. The Balaban J connectivity index is 1.31. The predicted octanol–water partition coefficient (Wildman–Crippen LogP) is 6.22. The minimum atomic E-state index is -0.541. The van der Waals surface area contributed by atoms with Gasteiger partial charge in [0, 0.05) is 10.6 Å². The Morgan fingerprint density at radius 2 is 1.55 bits per heavy atom. The molecule has 0 radical (unpaired) electrons. The molecule has 0 atom stereocenters. The van der Waals surface area contributed by atoms with Gasteiger partial charge in [-0.2, -0.15) is 5.10 Å². The molecule has 7 nitrogen and oxygen atoms in total. The van der Waals surface area contributed by atoms with Gasteiger partial charge in [0.05, 0.1) is 18.9 Å². The van der Waals surface area contributed by atoms with E-state index in [-0.39, 0.29) is 11.7 Å². The van der Waals surface area contributed by atoms with Crippen LogP contribution in [-0.2, 0) is 6.61 Å². The lowest BCUT2D eigenvalue weighted by Gasteiger charge is -2.10. The molecule has 192 valence electrons. The van der Waals surface area contributed by atoms with Gasteiger partial charge in [0.2, 0.25) is 0 Å². The molecule has 0 fully saturated rings. The van der Waals surface area contributed by atoms with E-state index in [2.05, 4.69) is 10.5 Å². The Morgan fingerprint density at radius 1 is 0.868 bits per heavy atom. The molecule has 0 saturated heterocycles. The maximum Gasteiger partial charge on any atom is 0.343 e. The second-order valence-corrected chi connectivity index (χ2v) is 8.74. The van der Waals surface area contributed by atoms with Gasteiger partial charge in [0.25, 0.3) is 5.91 Å². The summed E-state index contributed by atoms with van der Waals surface area (Å²) in [5.41, 5.74) is 6.18. The summed E-state index contributed by atoms with van der Waals surface area (Å²) in [5.74, 6) is 0.337. The normalized spacial score (nSPS) is 10.7. The summed E-state index contributed by atoms with van der Waals surface area (Å²) in [6, 6.07) is 26.2. The maximum atomic E-state index is 12.5. The number of aryl methyl sites for hydroxylation is 1. The maximum absolute atomic E-state index is 12.5. The third kappa shape index (κ3) is 7.21. The minimum Gasteiger partial charge on any atom is -0.493 e. The van der Waals surface area contributed by atoms with Crippen LogP contribution in [0.4, 0.5) is 0 Å². The molecule has 8 heteroatoms. The van der Waals surface area contributed by atoms with E-state index >= 15 is 0 Å². The lowest BCUT2D eigenvalue weighted by atomic mass is 10.2. The number of esters is 1. The van der Waals surface area contributed by atoms with Crippen LogP contribution in [0.5, 0.6) is 17.2 Å². The first-order valence-corrected chi connectivity index (χ1v) is 12.1. The molecule has 4 rings (SSSR count). The first-order valence-electron chi connectivity index (χ1n) is 11.7. The minimum absolute atomic E-state index is 0.248. The highest BCUT2D eigenvalue weighted by molar-refractivity contribution is 6.30. The molecular formula is C30H25ClN2O5. The molecule has 38 heavy (non-hydrogen) atoms. The molecule has 0 saturated carbocycles. The number of carbonyl (C=O) groups is 2. The predicted molar refractivity (Wildman–Crippen MR) is 146 cm³/mol. The zero-order chi connectivity index (χ0) is 26.9. The van der Waals surface area contributed by atoms with Gasteiger partial charge in [0.1, 0.15) is 12.4 Å². The Bertz CT molecular complexity index is 1430. The lowest BCUT2D eigenvalue weighted by Crippen LogP contribution is -2.17. The Hall–Kier alpha value is -4.62. The number of rotatable bonds is 9. The molecule has 4 aromatic carbocycles. The summed E-state index contributed by atoms with van der Waals surface area (Å²) < 4.78 is 16.6.